The van der Waals surface area contributed by atoms with E-state index < -0.39 is 5.41 Å². The standard InChI is InChI=1S/C27H29N7O2/c1-36-20-13-27(14-20,26(35)32-18-5-6-18)17-4-2-3-16(11-17)23-12-21(24-25(28)29-15-31-34(23)24)22-9-10-30-33(22)19-7-8-19/h2-4,9-12,15,18-20H,5-8,13-14H2,1H3,(H,32,35)(H2,28,29,31)/t20-,27+. The molecule has 9 heteroatoms. The number of aromatic nitrogens is 5. The second kappa shape index (κ2) is 7.89. The Bertz CT molecular complexity index is 1470. The molecule has 1 aromatic carbocycles. The maximum atomic E-state index is 13.4. The first kappa shape index (κ1) is 21.6. The fraction of sp³-hybridized carbons (Fsp3) is 0.407. The number of methoxy groups -OCH3 is 1. The van der Waals surface area contributed by atoms with Crippen LogP contribution in [0.4, 0.5) is 5.82 Å². The second-order valence-electron chi connectivity index (χ2n) is 10.4. The van der Waals surface area contributed by atoms with Gasteiger partial charge in [0.1, 0.15) is 11.8 Å². The number of nitrogens with two attached hydrogens (primary N) is 1. The number of rotatable bonds is 7. The van der Waals surface area contributed by atoms with Crippen LogP contribution >= 0.6 is 0 Å². The maximum Gasteiger partial charge on any atom is 0.231 e. The van der Waals surface area contributed by atoms with Gasteiger partial charge in [0, 0.05) is 30.5 Å². The van der Waals surface area contributed by atoms with Gasteiger partial charge in [-0.15, -0.1) is 0 Å². The zero-order valence-electron chi connectivity index (χ0n) is 20.2. The highest BCUT2D eigenvalue weighted by Gasteiger charge is 2.52. The molecule has 3 saturated carbocycles. The van der Waals surface area contributed by atoms with Crippen LogP contribution in [0.25, 0.3) is 28.0 Å². The van der Waals surface area contributed by atoms with Crippen LogP contribution in [0, 0.1) is 0 Å². The van der Waals surface area contributed by atoms with Gasteiger partial charge >= 0.3 is 0 Å². The molecular weight excluding hydrogens is 454 g/mol. The minimum absolute atomic E-state index is 0.0922. The minimum Gasteiger partial charge on any atom is -0.382 e. The predicted molar refractivity (Wildman–Crippen MR) is 135 cm³/mol. The van der Waals surface area contributed by atoms with Gasteiger partial charge in [0.25, 0.3) is 0 Å². The summed E-state index contributed by atoms with van der Waals surface area (Å²) in [6.07, 6.45) is 9.17. The highest BCUT2D eigenvalue weighted by molar-refractivity contribution is 5.92. The molecule has 9 nitrogen and oxygen atoms in total. The average Bonchev–Trinajstić information content (AvgIpc) is 3.78. The van der Waals surface area contributed by atoms with Crippen molar-refractivity contribution in [2.75, 3.05) is 12.8 Å². The smallest absolute Gasteiger partial charge is 0.231 e. The minimum atomic E-state index is -0.576. The van der Waals surface area contributed by atoms with Gasteiger partial charge in [-0.2, -0.15) is 10.2 Å². The van der Waals surface area contributed by atoms with Gasteiger partial charge in [0.2, 0.25) is 5.91 Å². The topological polar surface area (TPSA) is 112 Å². The first-order valence-corrected chi connectivity index (χ1v) is 12.7. The van der Waals surface area contributed by atoms with E-state index in [1.165, 1.54) is 6.33 Å². The molecule has 0 unspecified atom stereocenters. The number of carbonyl (C=O) groups excluding carboxylic acids is 1. The fourth-order valence-electron chi connectivity index (χ4n) is 5.57. The fourth-order valence-corrected chi connectivity index (χ4v) is 5.57. The molecule has 36 heavy (non-hydrogen) atoms. The third-order valence-corrected chi connectivity index (χ3v) is 7.97. The van der Waals surface area contributed by atoms with Crippen molar-refractivity contribution in [1.29, 1.82) is 0 Å². The first-order chi connectivity index (χ1) is 17.6. The van der Waals surface area contributed by atoms with Crippen LogP contribution in [-0.4, -0.2) is 49.5 Å². The van der Waals surface area contributed by atoms with Crippen molar-refractivity contribution in [3.8, 4) is 22.5 Å². The molecule has 4 aromatic rings. The van der Waals surface area contributed by atoms with Crippen molar-refractivity contribution in [3.63, 3.8) is 0 Å². The molecule has 184 valence electrons. The maximum absolute atomic E-state index is 13.4. The molecule has 3 aliphatic carbocycles. The summed E-state index contributed by atoms with van der Waals surface area (Å²) < 4.78 is 9.52. The molecule has 3 aliphatic rings. The molecule has 0 saturated heterocycles. The van der Waals surface area contributed by atoms with Crippen LogP contribution in [0.3, 0.4) is 0 Å². The van der Waals surface area contributed by atoms with Crippen molar-refractivity contribution >= 4 is 17.2 Å². The lowest BCUT2D eigenvalue weighted by Gasteiger charge is -2.46. The molecule has 0 radical (unpaired) electrons. The van der Waals surface area contributed by atoms with Crippen molar-refractivity contribution in [1.82, 2.24) is 29.7 Å². The lowest BCUT2D eigenvalue weighted by atomic mass is 9.61. The van der Waals surface area contributed by atoms with Crippen molar-refractivity contribution in [2.45, 2.75) is 62.1 Å². The SMILES string of the molecule is CO[C@H]1C[C@](C(=O)NC2CC2)(c2cccc(-c3cc(-c4ccnn4C4CC4)c4c(N)ncnn34)c2)C1. The Morgan fingerprint density at radius 2 is 1.94 bits per heavy atom. The van der Waals surface area contributed by atoms with E-state index in [0.29, 0.717) is 30.7 Å². The van der Waals surface area contributed by atoms with Crippen molar-refractivity contribution in [3.05, 3.63) is 54.5 Å². The Hall–Kier alpha value is -3.72. The first-order valence-electron chi connectivity index (χ1n) is 12.7. The molecule has 3 fully saturated rings. The normalized spacial score (nSPS) is 23.5. The number of nitrogens with one attached hydrogen (secondary N) is 1. The Balaban J connectivity index is 1.34. The third-order valence-electron chi connectivity index (χ3n) is 7.97. The molecule has 3 aromatic heterocycles. The van der Waals surface area contributed by atoms with E-state index in [0.717, 1.165) is 59.3 Å². The summed E-state index contributed by atoms with van der Waals surface area (Å²) in [7, 11) is 1.72. The van der Waals surface area contributed by atoms with E-state index in [9.17, 15) is 4.79 Å². The average molecular weight is 484 g/mol. The van der Waals surface area contributed by atoms with E-state index in [1.807, 2.05) is 22.8 Å². The zero-order chi connectivity index (χ0) is 24.4. The number of nitrogen functional groups attached to an aromatic ring is 1. The highest BCUT2D eigenvalue weighted by Crippen LogP contribution is 2.47. The van der Waals surface area contributed by atoms with Crippen LogP contribution in [0.1, 0.15) is 50.1 Å². The number of fused-ring (bicyclic) bond motifs is 1. The summed E-state index contributed by atoms with van der Waals surface area (Å²) in [4.78, 5) is 17.7. The molecule has 3 heterocycles. The number of hydrogen-bond donors (Lipinski definition) is 2. The second-order valence-corrected chi connectivity index (χ2v) is 10.4. The van der Waals surface area contributed by atoms with Gasteiger partial charge in [-0.05, 0) is 62.3 Å². The van der Waals surface area contributed by atoms with E-state index in [1.54, 1.807) is 7.11 Å². The summed E-state index contributed by atoms with van der Waals surface area (Å²) >= 11 is 0. The molecule has 1 amide bonds. The Labute approximate surface area is 208 Å². The molecule has 0 spiro atoms. The zero-order valence-corrected chi connectivity index (χ0v) is 20.2. The number of anilines is 1. The number of benzene rings is 1. The molecule has 7 rings (SSSR count). The largest absolute Gasteiger partial charge is 0.382 e. The van der Waals surface area contributed by atoms with Crippen molar-refractivity contribution in [2.24, 2.45) is 0 Å². The monoisotopic (exact) mass is 483 g/mol. The van der Waals surface area contributed by atoms with E-state index in [-0.39, 0.29) is 12.0 Å². The number of ether oxygens (including phenoxy) is 1. The van der Waals surface area contributed by atoms with Gasteiger partial charge in [-0.3, -0.25) is 9.48 Å². The van der Waals surface area contributed by atoms with Gasteiger partial charge in [0.05, 0.1) is 28.9 Å². The van der Waals surface area contributed by atoms with E-state index in [2.05, 4.69) is 49.4 Å². The molecule has 0 bridgehead atoms. The predicted octanol–water partition coefficient (Wildman–Crippen LogP) is 3.50. The van der Waals surface area contributed by atoms with E-state index >= 15 is 0 Å². The van der Waals surface area contributed by atoms with Crippen LogP contribution in [0.5, 0.6) is 0 Å². The van der Waals surface area contributed by atoms with Gasteiger partial charge in [-0.1, -0.05) is 18.2 Å². The number of carbonyl (C=O) groups is 1. The van der Waals surface area contributed by atoms with Gasteiger partial charge in [0.15, 0.2) is 5.82 Å². The quantitative estimate of drug-likeness (QED) is 0.416. The number of amides is 1. The van der Waals surface area contributed by atoms with Gasteiger partial charge in [-0.25, -0.2) is 9.50 Å². The highest BCUT2D eigenvalue weighted by atomic mass is 16.5. The molecular formula is C27H29N7O2. The summed E-state index contributed by atoms with van der Waals surface area (Å²) in [5.41, 5.74) is 11.4. The molecule has 0 aliphatic heterocycles. The summed E-state index contributed by atoms with van der Waals surface area (Å²) in [6.45, 7) is 0. The lowest BCUT2D eigenvalue weighted by molar-refractivity contribution is -0.136. The van der Waals surface area contributed by atoms with E-state index in [4.69, 9.17) is 10.5 Å². The van der Waals surface area contributed by atoms with Crippen LogP contribution < -0.4 is 11.1 Å². The molecule has 3 N–H and O–H groups in total. The van der Waals surface area contributed by atoms with Crippen LogP contribution in [-0.2, 0) is 14.9 Å². The molecule has 0 atom stereocenters. The lowest BCUT2D eigenvalue weighted by Crippen LogP contribution is -2.56. The number of nitrogens with zero attached hydrogens (tertiary/aromatic N) is 5. The summed E-state index contributed by atoms with van der Waals surface area (Å²) in [5, 5.41) is 12.4. The Morgan fingerprint density at radius 3 is 2.69 bits per heavy atom. The van der Waals surface area contributed by atoms with Crippen LogP contribution in [0.2, 0.25) is 0 Å². The Kier molecular flexibility index (Phi) is 4.73. The number of hydrogen-bond acceptors (Lipinski definition) is 6. The third kappa shape index (κ3) is 3.33. The van der Waals surface area contributed by atoms with Gasteiger partial charge < -0.3 is 15.8 Å². The summed E-state index contributed by atoms with van der Waals surface area (Å²) in [5.74, 6) is 0.532. The van der Waals surface area contributed by atoms with Crippen molar-refractivity contribution < 1.29 is 9.53 Å². The summed E-state index contributed by atoms with van der Waals surface area (Å²) in [6, 6.07) is 13.2. The van der Waals surface area contributed by atoms with Crippen LogP contribution in [0.15, 0.2) is 48.9 Å². The Morgan fingerprint density at radius 1 is 1.11 bits per heavy atom.